The van der Waals surface area contributed by atoms with Gasteiger partial charge in [-0.25, -0.2) is 8.42 Å². The SMILES string of the molecule is CCCN(CC(C)(C)CCCCCl)S(=O)(=O)c1ccc2c(c1)OCO2. The van der Waals surface area contributed by atoms with Gasteiger partial charge >= 0.3 is 0 Å². The third kappa shape index (κ3) is 5.25. The van der Waals surface area contributed by atoms with Crippen molar-refractivity contribution in [1.82, 2.24) is 4.31 Å². The number of benzene rings is 1. The Balaban J connectivity index is 2.19. The summed E-state index contributed by atoms with van der Waals surface area (Å²) in [5.74, 6) is 1.71. The van der Waals surface area contributed by atoms with Crippen molar-refractivity contribution in [2.75, 3.05) is 25.8 Å². The molecule has 142 valence electrons. The van der Waals surface area contributed by atoms with Gasteiger partial charge in [0.1, 0.15) is 0 Å². The smallest absolute Gasteiger partial charge is 0.243 e. The minimum absolute atomic E-state index is 0.107. The van der Waals surface area contributed by atoms with Crippen LogP contribution in [0.25, 0.3) is 0 Å². The first kappa shape index (κ1) is 20.3. The summed E-state index contributed by atoms with van der Waals surface area (Å²) >= 11 is 5.76. The van der Waals surface area contributed by atoms with Crippen LogP contribution >= 0.6 is 11.6 Å². The molecule has 0 bridgehead atoms. The molecule has 0 N–H and O–H groups in total. The molecule has 0 saturated heterocycles. The standard InChI is InChI=1S/C18H28ClNO4S/c1-4-11-20(13-18(2,3)9-5-6-10-19)25(21,22)15-7-8-16-17(12-15)24-14-23-16/h7-8,12H,4-6,9-11,13-14H2,1-3H3. The fourth-order valence-corrected chi connectivity index (χ4v) is 4.90. The van der Waals surface area contributed by atoms with Crippen LogP contribution in [0.5, 0.6) is 11.5 Å². The van der Waals surface area contributed by atoms with E-state index in [4.69, 9.17) is 21.1 Å². The molecule has 0 radical (unpaired) electrons. The lowest BCUT2D eigenvalue weighted by atomic mass is 9.87. The van der Waals surface area contributed by atoms with E-state index in [-0.39, 0.29) is 17.1 Å². The second-order valence-electron chi connectivity index (χ2n) is 7.16. The van der Waals surface area contributed by atoms with Crippen LogP contribution in [0.4, 0.5) is 0 Å². The van der Waals surface area contributed by atoms with Crippen molar-refractivity contribution < 1.29 is 17.9 Å². The predicted molar refractivity (Wildman–Crippen MR) is 100.0 cm³/mol. The van der Waals surface area contributed by atoms with Gasteiger partial charge in [-0.2, -0.15) is 4.31 Å². The van der Waals surface area contributed by atoms with Crippen LogP contribution < -0.4 is 9.47 Å². The first-order chi connectivity index (χ1) is 11.8. The molecule has 1 aliphatic heterocycles. The van der Waals surface area contributed by atoms with Gasteiger partial charge in [-0.3, -0.25) is 0 Å². The van der Waals surface area contributed by atoms with Gasteiger partial charge in [0.2, 0.25) is 16.8 Å². The Morgan fingerprint density at radius 3 is 2.60 bits per heavy atom. The van der Waals surface area contributed by atoms with Crippen LogP contribution in [-0.2, 0) is 10.0 Å². The molecule has 7 heteroatoms. The molecule has 0 atom stereocenters. The van der Waals surface area contributed by atoms with E-state index in [1.807, 2.05) is 6.92 Å². The van der Waals surface area contributed by atoms with Gasteiger partial charge in [0.15, 0.2) is 11.5 Å². The summed E-state index contributed by atoms with van der Waals surface area (Å²) in [6, 6.07) is 4.80. The molecule has 2 rings (SSSR count). The number of ether oxygens (including phenoxy) is 2. The third-order valence-electron chi connectivity index (χ3n) is 4.30. The Kier molecular flexibility index (Phi) is 7.00. The van der Waals surface area contributed by atoms with Crippen LogP contribution in [0.2, 0.25) is 0 Å². The van der Waals surface area contributed by atoms with Gasteiger partial charge < -0.3 is 9.47 Å². The lowest BCUT2D eigenvalue weighted by molar-refractivity contribution is 0.174. The topological polar surface area (TPSA) is 55.8 Å². The number of hydrogen-bond acceptors (Lipinski definition) is 4. The Labute approximate surface area is 156 Å². The van der Waals surface area contributed by atoms with Crippen LogP contribution in [0.15, 0.2) is 23.1 Å². The molecule has 5 nitrogen and oxygen atoms in total. The van der Waals surface area contributed by atoms with E-state index < -0.39 is 10.0 Å². The Morgan fingerprint density at radius 2 is 1.92 bits per heavy atom. The summed E-state index contributed by atoms with van der Waals surface area (Å²) in [6.45, 7) is 7.32. The number of unbranched alkanes of at least 4 members (excludes halogenated alkanes) is 1. The normalized spacial score (nSPS) is 14.3. The molecule has 0 amide bonds. The maximum Gasteiger partial charge on any atom is 0.243 e. The number of fused-ring (bicyclic) bond motifs is 1. The van der Waals surface area contributed by atoms with Gasteiger partial charge in [-0.15, -0.1) is 11.6 Å². The number of nitrogens with zero attached hydrogens (tertiary/aromatic N) is 1. The summed E-state index contributed by atoms with van der Waals surface area (Å²) in [6.07, 6.45) is 3.66. The highest BCUT2D eigenvalue weighted by Gasteiger charge is 2.31. The Hall–Kier alpha value is -0.980. The molecule has 0 aliphatic carbocycles. The Bertz CT molecular complexity index is 676. The van der Waals surface area contributed by atoms with Crippen molar-refractivity contribution in [1.29, 1.82) is 0 Å². The van der Waals surface area contributed by atoms with E-state index in [0.717, 1.165) is 25.7 Å². The van der Waals surface area contributed by atoms with Gasteiger partial charge in [-0.05, 0) is 36.8 Å². The van der Waals surface area contributed by atoms with E-state index in [9.17, 15) is 8.42 Å². The lowest BCUT2D eigenvalue weighted by Gasteiger charge is -2.32. The molecule has 1 heterocycles. The van der Waals surface area contributed by atoms with E-state index in [2.05, 4.69) is 13.8 Å². The molecule has 1 aromatic carbocycles. The molecular weight excluding hydrogens is 362 g/mol. The second kappa shape index (κ2) is 8.60. The number of rotatable bonds is 10. The van der Waals surface area contributed by atoms with Gasteiger partial charge in [0.05, 0.1) is 4.90 Å². The highest BCUT2D eigenvalue weighted by Crippen LogP contribution is 2.35. The van der Waals surface area contributed by atoms with Crippen LogP contribution in [0.1, 0.15) is 46.5 Å². The van der Waals surface area contributed by atoms with Crippen molar-refractivity contribution in [3.05, 3.63) is 18.2 Å². The van der Waals surface area contributed by atoms with Crippen molar-refractivity contribution in [2.24, 2.45) is 5.41 Å². The number of sulfonamides is 1. The lowest BCUT2D eigenvalue weighted by Crippen LogP contribution is -2.39. The molecule has 0 fully saturated rings. The maximum absolute atomic E-state index is 13.1. The highest BCUT2D eigenvalue weighted by molar-refractivity contribution is 7.89. The predicted octanol–water partition coefficient (Wildman–Crippen LogP) is 4.25. The quantitative estimate of drug-likeness (QED) is 0.443. The van der Waals surface area contributed by atoms with E-state index in [0.29, 0.717) is 30.5 Å². The summed E-state index contributed by atoms with van der Waals surface area (Å²) in [5, 5.41) is 0. The molecule has 0 spiro atoms. The zero-order valence-corrected chi connectivity index (χ0v) is 16.8. The van der Waals surface area contributed by atoms with Crippen molar-refractivity contribution >= 4 is 21.6 Å². The van der Waals surface area contributed by atoms with Crippen LogP contribution in [0.3, 0.4) is 0 Å². The molecule has 0 saturated carbocycles. The second-order valence-corrected chi connectivity index (χ2v) is 9.48. The monoisotopic (exact) mass is 389 g/mol. The fourth-order valence-electron chi connectivity index (χ4n) is 2.97. The third-order valence-corrected chi connectivity index (χ3v) is 6.40. The number of alkyl halides is 1. The number of halogens is 1. The van der Waals surface area contributed by atoms with E-state index >= 15 is 0 Å². The summed E-state index contributed by atoms with van der Waals surface area (Å²) in [7, 11) is -3.58. The molecule has 25 heavy (non-hydrogen) atoms. The zero-order chi connectivity index (χ0) is 18.5. The van der Waals surface area contributed by atoms with Crippen molar-refractivity contribution in [3.8, 4) is 11.5 Å². The first-order valence-corrected chi connectivity index (χ1v) is 10.7. The molecule has 0 aromatic heterocycles. The van der Waals surface area contributed by atoms with Gasteiger partial charge in [0.25, 0.3) is 0 Å². The fraction of sp³-hybridized carbons (Fsp3) is 0.667. The Morgan fingerprint density at radius 1 is 1.20 bits per heavy atom. The minimum atomic E-state index is -3.58. The summed E-state index contributed by atoms with van der Waals surface area (Å²) in [5.41, 5.74) is -0.107. The molecule has 1 aliphatic rings. The summed E-state index contributed by atoms with van der Waals surface area (Å²) < 4.78 is 38.5. The van der Waals surface area contributed by atoms with Crippen LogP contribution in [-0.4, -0.2) is 38.5 Å². The first-order valence-electron chi connectivity index (χ1n) is 8.76. The number of hydrogen-bond donors (Lipinski definition) is 0. The molecular formula is C18H28ClNO4S. The van der Waals surface area contributed by atoms with E-state index in [1.165, 1.54) is 0 Å². The molecule has 1 aromatic rings. The summed E-state index contributed by atoms with van der Waals surface area (Å²) in [4.78, 5) is 0.252. The van der Waals surface area contributed by atoms with Gasteiger partial charge in [-0.1, -0.05) is 27.2 Å². The van der Waals surface area contributed by atoms with Crippen molar-refractivity contribution in [3.63, 3.8) is 0 Å². The van der Waals surface area contributed by atoms with Crippen LogP contribution in [0, 0.1) is 5.41 Å². The van der Waals surface area contributed by atoms with Gasteiger partial charge in [0, 0.05) is 25.0 Å². The minimum Gasteiger partial charge on any atom is -0.454 e. The average molecular weight is 390 g/mol. The average Bonchev–Trinajstić information content (AvgIpc) is 3.02. The van der Waals surface area contributed by atoms with Crippen molar-refractivity contribution in [2.45, 2.75) is 51.3 Å². The zero-order valence-electron chi connectivity index (χ0n) is 15.3. The molecule has 0 unspecified atom stereocenters. The highest BCUT2D eigenvalue weighted by atomic mass is 35.5. The maximum atomic E-state index is 13.1. The largest absolute Gasteiger partial charge is 0.454 e. The van der Waals surface area contributed by atoms with E-state index in [1.54, 1.807) is 22.5 Å².